The zero-order chi connectivity index (χ0) is 16.9. The maximum atomic E-state index is 12.3. The third-order valence-corrected chi connectivity index (χ3v) is 5.01. The van der Waals surface area contributed by atoms with Crippen LogP contribution < -0.4 is 5.32 Å². The van der Waals surface area contributed by atoms with Crippen LogP contribution in [0, 0.1) is 11.8 Å². The number of aliphatic hydroxyl groups is 1. The van der Waals surface area contributed by atoms with Gasteiger partial charge in [-0.05, 0) is 41.2 Å². The van der Waals surface area contributed by atoms with Gasteiger partial charge in [0.2, 0.25) is 5.91 Å². The van der Waals surface area contributed by atoms with Crippen LogP contribution in [0.25, 0.3) is 10.8 Å². The molecule has 0 saturated carbocycles. The van der Waals surface area contributed by atoms with Crippen molar-refractivity contribution < 1.29 is 14.6 Å². The van der Waals surface area contributed by atoms with Crippen molar-refractivity contribution in [3.63, 3.8) is 0 Å². The fraction of sp³-hybridized carbons (Fsp3) is 0.450. The van der Waals surface area contributed by atoms with Gasteiger partial charge in [0.15, 0.2) is 0 Å². The summed E-state index contributed by atoms with van der Waals surface area (Å²) < 4.78 is 5.35. The van der Waals surface area contributed by atoms with E-state index in [-0.39, 0.29) is 18.4 Å². The Balaban J connectivity index is 1.57. The van der Waals surface area contributed by atoms with Crippen LogP contribution in [0.3, 0.4) is 0 Å². The molecule has 1 aliphatic rings. The Morgan fingerprint density at radius 2 is 1.92 bits per heavy atom. The molecule has 0 aromatic heterocycles. The van der Waals surface area contributed by atoms with Gasteiger partial charge in [-0.1, -0.05) is 43.3 Å². The van der Waals surface area contributed by atoms with Crippen LogP contribution in [-0.4, -0.2) is 30.8 Å². The summed E-state index contributed by atoms with van der Waals surface area (Å²) in [5.41, 5.74) is 0.827. The second-order valence-corrected chi connectivity index (χ2v) is 6.61. The highest BCUT2D eigenvalue weighted by molar-refractivity contribution is 5.83. The van der Waals surface area contributed by atoms with Crippen molar-refractivity contribution in [1.82, 2.24) is 5.32 Å². The van der Waals surface area contributed by atoms with Gasteiger partial charge in [-0.3, -0.25) is 4.79 Å². The van der Waals surface area contributed by atoms with Gasteiger partial charge in [0, 0.05) is 25.7 Å². The summed E-state index contributed by atoms with van der Waals surface area (Å²) in [5, 5.41) is 15.5. The molecule has 1 saturated heterocycles. The lowest BCUT2D eigenvalue weighted by Crippen LogP contribution is -2.37. The molecule has 128 valence electrons. The zero-order valence-electron chi connectivity index (χ0n) is 14.1. The topological polar surface area (TPSA) is 58.6 Å². The van der Waals surface area contributed by atoms with Gasteiger partial charge in [0.1, 0.15) is 0 Å². The van der Waals surface area contributed by atoms with E-state index in [1.807, 2.05) is 49.4 Å². The van der Waals surface area contributed by atoms with Crippen molar-refractivity contribution in [2.45, 2.75) is 25.9 Å². The van der Waals surface area contributed by atoms with Gasteiger partial charge in [0.05, 0.1) is 6.10 Å². The summed E-state index contributed by atoms with van der Waals surface area (Å²) in [6.07, 6.45) is 1.17. The van der Waals surface area contributed by atoms with Gasteiger partial charge in [-0.15, -0.1) is 0 Å². The second kappa shape index (κ2) is 7.77. The Bertz CT molecular complexity index is 694. The Hall–Kier alpha value is -1.91. The molecule has 1 aliphatic heterocycles. The van der Waals surface area contributed by atoms with Crippen LogP contribution in [0.2, 0.25) is 0 Å². The molecule has 2 aromatic rings. The normalized spacial score (nSPS) is 18.2. The molecule has 0 radical (unpaired) electrons. The number of hydrogen-bond acceptors (Lipinski definition) is 3. The van der Waals surface area contributed by atoms with E-state index >= 15 is 0 Å². The number of rotatable bonds is 5. The molecule has 1 heterocycles. The molecule has 2 aromatic carbocycles. The second-order valence-electron chi connectivity index (χ2n) is 6.61. The Kier molecular flexibility index (Phi) is 5.48. The van der Waals surface area contributed by atoms with E-state index in [1.54, 1.807) is 0 Å². The average Bonchev–Trinajstić information content (AvgIpc) is 2.65. The largest absolute Gasteiger partial charge is 0.387 e. The highest BCUT2D eigenvalue weighted by Crippen LogP contribution is 2.24. The minimum atomic E-state index is -0.694. The lowest BCUT2D eigenvalue weighted by Gasteiger charge is -2.27. The van der Waals surface area contributed by atoms with Crippen LogP contribution in [0.15, 0.2) is 42.5 Å². The maximum Gasteiger partial charge on any atom is 0.223 e. The van der Waals surface area contributed by atoms with E-state index in [1.165, 1.54) is 0 Å². The summed E-state index contributed by atoms with van der Waals surface area (Å²) in [5.74, 6) is 0.344. The molecule has 0 bridgehead atoms. The fourth-order valence-electron chi connectivity index (χ4n) is 3.32. The molecule has 2 atom stereocenters. The van der Waals surface area contributed by atoms with Crippen molar-refractivity contribution >= 4 is 16.7 Å². The van der Waals surface area contributed by atoms with Crippen LogP contribution in [0.5, 0.6) is 0 Å². The highest BCUT2D eigenvalue weighted by atomic mass is 16.5. The SMILES string of the molecule is CC(C(=O)NCC(O)c1ccc2ccccc2c1)C1CCOCC1. The molecule has 1 fully saturated rings. The molecule has 1 amide bonds. The van der Waals surface area contributed by atoms with Crippen molar-refractivity contribution in [1.29, 1.82) is 0 Å². The lowest BCUT2D eigenvalue weighted by atomic mass is 9.87. The number of fused-ring (bicyclic) bond motifs is 1. The molecular formula is C20H25NO3. The summed E-state index contributed by atoms with van der Waals surface area (Å²) in [6, 6.07) is 13.9. The number of hydrogen-bond donors (Lipinski definition) is 2. The molecule has 24 heavy (non-hydrogen) atoms. The molecular weight excluding hydrogens is 302 g/mol. The fourth-order valence-corrected chi connectivity index (χ4v) is 3.32. The Morgan fingerprint density at radius 1 is 1.21 bits per heavy atom. The van der Waals surface area contributed by atoms with E-state index < -0.39 is 6.10 Å². The van der Waals surface area contributed by atoms with Gasteiger partial charge >= 0.3 is 0 Å². The van der Waals surface area contributed by atoms with Crippen LogP contribution in [-0.2, 0) is 9.53 Å². The molecule has 2 unspecified atom stereocenters. The standard InChI is InChI=1S/C20H25NO3/c1-14(15-8-10-24-11-9-15)20(23)21-13-19(22)18-7-6-16-4-2-3-5-17(16)12-18/h2-7,12,14-15,19,22H,8-11,13H2,1H3,(H,21,23). The van der Waals surface area contributed by atoms with E-state index in [0.717, 1.165) is 42.4 Å². The van der Waals surface area contributed by atoms with E-state index in [9.17, 15) is 9.90 Å². The highest BCUT2D eigenvalue weighted by Gasteiger charge is 2.26. The Labute approximate surface area is 142 Å². The number of aliphatic hydroxyl groups excluding tert-OH is 1. The minimum absolute atomic E-state index is 0.0155. The summed E-state index contributed by atoms with van der Waals surface area (Å²) in [4.78, 5) is 12.3. The number of carbonyl (C=O) groups is 1. The van der Waals surface area contributed by atoms with Crippen molar-refractivity contribution in [3.8, 4) is 0 Å². The molecule has 4 nitrogen and oxygen atoms in total. The third kappa shape index (κ3) is 3.94. The molecule has 2 N–H and O–H groups in total. The quantitative estimate of drug-likeness (QED) is 0.887. The first-order valence-corrected chi connectivity index (χ1v) is 8.67. The minimum Gasteiger partial charge on any atom is -0.387 e. The molecule has 0 aliphatic carbocycles. The third-order valence-electron chi connectivity index (χ3n) is 5.01. The first kappa shape index (κ1) is 16.9. The molecule has 4 heteroatoms. The monoisotopic (exact) mass is 327 g/mol. The van der Waals surface area contributed by atoms with Crippen molar-refractivity contribution in [3.05, 3.63) is 48.0 Å². The van der Waals surface area contributed by atoms with E-state index in [4.69, 9.17) is 4.74 Å². The first-order chi connectivity index (χ1) is 11.6. The van der Waals surface area contributed by atoms with Crippen molar-refractivity contribution in [2.24, 2.45) is 11.8 Å². The zero-order valence-corrected chi connectivity index (χ0v) is 14.1. The number of benzene rings is 2. The number of ether oxygens (including phenoxy) is 1. The first-order valence-electron chi connectivity index (χ1n) is 8.67. The van der Waals surface area contributed by atoms with E-state index in [0.29, 0.717) is 5.92 Å². The predicted octanol–water partition coefficient (Wildman–Crippen LogP) is 3.05. The lowest BCUT2D eigenvalue weighted by molar-refractivity contribution is -0.127. The summed E-state index contributed by atoms with van der Waals surface area (Å²) >= 11 is 0. The van der Waals surface area contributed by atoms with Crippen LogP contribution in [0.1, 0.15) is 31.4 Å². The average molecular weight is 327 g/mol. The molecule has 3 rings (SSSR count). The van der Waals surface area contributed by atoms with Crippen LogP contribution in [0.4, 0.5) is 0 Å². The number of amides is 1. The molecule has 0 spiro atoms. The predicted molar refractivity (Wildman–Crippen MR) is 94.6 cm³/mol. The maximum absolute atomic E-state index is 12.3. The smallest absolute Gasteiger partial charge is 0.223 e. The van der Waals surface area contributed by atoms with Crippen molar-refractivity contribution in [2.75, 3.05) is 19.8 Å². The number of nitrogens with one attached hydrogen (secondary N) is 1. The van der Waals surface area contributed by atoms with Crippen LogP contribution >= 0.6 is 0 Å². The van der Waals surface area contributed by atoms with Gasteiger partial charge in [-0.25, -0.2) is 0 Å². The summed E-state index contributed by atoms with van der Waals surface area (Å²) in [7, 11) is 0. The van der Waals surface area contributed by atoms with Gasteiger partial charge in [0.25, 0.3) is 0 Å². The Morgan fingerprint density at radius 3 is 2.67 bits per heavy atom. The van der Waals surface area contributed by atoms with Gasteiger partial charge in [-0.2, -0.15) is 0 Å². The van der Waals surface area contributed by atoms with E-state index in [2.05, 4.69) is 5.32 Å². The summed E-state index contributed by atoms with van der Waals surface area (Å²) in [6.45, 7) is 3.68. The number of carbonyl (C=O) groups excluding carboxylic acids is 1. The van der Waals surface area contributed by atoms with Gasteiger partial charge < -0.3 is 15.2 Å².